The van der Waals surface area contributed by atoms with Gasteiger partial charge >= 0.3 is 0 Å². The number of para-hydroxylation sites is 2. The van der Waals surface area contributed by atoms with Crippen molar-refractivity contribution in [3.05, 3.63) is 59.1 Å². The Hall–Kier alpha value is -1.51. The Morgan fingerprint density at radius 1 is 1.00 bits per heavy atom. The zero-order valence-corrected chi connectivity index (χ0v) is 9.78. The molecule has 0 heterocycles. The molecule has 0 saturated heterocycles. The van der Waals surface area contributed by atoms with Gasteiger partial charge in [-0.25, -0.2) is 5.84 Å². The quantitative estimate of drug-likeness (QED) is 0.633. The number of halogens is 1. The molecule has 0 fully saturated rings. The number of hydrogen-bond donors (Lipinski definition) is 1. The van der Waals surface area contributed by atoms with Gasteiger partial charge in [0.2, 0.25) is 0 Å². The van der Waals surface area contributed by atoms with Gasteiger partial charge in [-0.3, -0.25) is 5.01 Å². The molecule has 2 aromatic rings. The van der Waals surface area contributed by atoms with Gasteiger partial charge < -0.3 is 0 Å². The summed E-state index contributed by atoms with van der Waals surface area (Å²) in [7, 11) is 0. The Kier molecular flexibility index (Phi) is 3.13. The van der Waals surface area contributed by atoms with Gasteiger partial charge in [0.15, 0.2) is 0 Å². The van der Waals surface area contributed by atoms with E-state index in [9.17, 15) is 0 Å². The number of aryl methyl sites for hydroxylation is 1. The predicted octanol–water partition coefficient (Wildman–Crippen LogP) is 3.66. The number of nitrogens with zero attached hydrogens (tertiary/aromatic N) is 1. The van der Waals surface area contributed by atoms with E-state index in [0.29, 0.717) is 5.02 Å². The zero-order chi connectivity index (χ0) is 11.5. The minimum atomic E-state index is 0.659. The van der Waals surface area contributed by atoms with Gasteiger partial charge in [-0.05, 0) is 30.7 Å². The van der Waals surface area contributed by atoms with Crippen LogP contribution in [0.1, 0.15) is 5.56 Å². The molecule has 0 radical (unpaired) electrons. The highest BCUT2D eigenvalue weighted by atomic mass is 35.5. The van der Waals surface area contributed by atoms with Gasteiger partial charge in [0.1, 0.15) is 0 Å². The van der Waals surface area contributed by atoms with Crippen molar-refractivity contribution < 1.29 is 0 Å². The number of hydrogen-bond acceptors (Lipinski definition) is 2. The molecule has 0 saturated carbocycles. The van der Waals surface area contributed by atoms with Crippen LogP contribution in [-0.4, -0.2) is 0 Å². The first kappa shape index (κ1) is 11.0. The van der Waals surface area contributed by atoms with Crippen molar-refractivity contribution in [2.24, 2.45) is 5.84 Å². The van der Waals surface area contributed by atoms with Crippen LogP contribution >= 0.6 is 11.6 Å². The summed E-state index contributed by atoms with van der Waals surface area (Å²) >= 11 is 6.15. The number of benzene rings is 2. The summed E-state index contributed by atoms with van der Waals surface area (Å²) in [6, 6.07) is 15.5. The Morgan fingerprint density at radius 3 is 2.31 bits per heavy atom. The third kappa shape index (κ3) is 2.03. The molecule has 0 aliphatic carbocycles. The second kappa shape index (κ2) is 4.56. The van der Waals surface area contributed by atoms with E-state index in [1.807, 2.05) is 55.5 Å². The van der Waals surface area contributed by atoms with Crippen LogP contribution < -0.4 is 10.9 Å². The molecule has 3 heteroatoms. The Balaban J connectivity index is 2.46. The first-order valence-electron chi connectivity index (χ1n) is 5.05. The molecule has 16 heavy (non-hydrogen) atoms. The van der Waals surface area contributed by atoms with Crippen LogP contribution in [0.2, 0.25) is 5.02 Å². The van der Waals surface area contributed by atoms with E-state index in [-0.39, 0.29) is 0 Å². The molecule has 2 N–H and O–H groups in total. The highest BCUT2D eigenvalue weighted by Crippen LogP contribution is 2.31. The van der Waals surface area contributed by atoms with E-state index in [0.717, 1.165) is 16.9 Å². The van der Waals surface area contributed by atoms with Gasteiger partial charge in [0.25, 0.3) is 0 Å². The van der Waals surface area contributed by atoms with E-state index in [1.54, 1.807) is 5.01 Å². The summed E-state index contributed by atoms with van der Waals surface area (Å²) in [5, 5.41) is 2.27. The van der Waals surface area contributed by atoms with Gasteiger partial charge in [0, 0.05) is 0 Å². The molecule has 0 aromatic heterocycles. The van der Waals surface area contributed by atoms with Crippen LogP contribution in [0, 0.1) is 6.92 Å². The average Bonchev–Trinajstić information content (AvgIpc) is 2.30. The van der Waals surface area contributed by atoms with Crippen molar-refractivity contribution >= 4 is 23.0 Å². The maximum atomic E-state index is 6.15. The molecule has 2 rings (SSSR count). The molecular weight excluding hydrogens is 220 g/mol. The number of hydrazine groups is 1. The summed E-state index contributed by atoms with van der Waals surface area (Å²) in [6.07, 6.45) is 0. The SMILES string of the molecule is Cc1cccc(Cl)c1N(N)c1ccccc1. The smallest absolute Gasteiger partial charge is 0.0790 e. The maximum Gasteiger partial charge on any atom is 0.0790 e. The van der Waals surface area contributed by atoms with E-state index < -0.39 is 0 Å². The molecule has 0 amide bonds. The third-order valence-electron chi connectivity index (χ3n) is 2.46. The second-order valence-electron chi connectivity index (χ2n) is 3.61. The second-order valence-corrected chi connectivity index (χ2v) is 4.02. The lowest BCUT2D eigenvalue weighted by Crippen LogP contribution is -2.25. The Labute approximate surface area is 100 Å². The van der Waals surface area contributed by atoms with Crippen LogP contribution in [0.15, 0.2) is 48.5 Å². The average molecular weight is 233 g/mol. The normalized spacial score (nSPS) is 10.2. The van der Waals surface area contributed by atoms with Crippen molar-refractivity contribution in [1.29, 1.82) is 0 Å². The summed E-state index contributed by atoms with van der Waals surface area (Å²) in [6.45, 7) is 1.99. The summed E-state index contributed by atoms with van der Waals surface area (Å²) in [5.74, 6) is 6.07. The molecule has 0 bridgehead atoms. The van der Waals surface area contributed by atoms with Gasteiger partial charge in [-0.15, -0.1) is 0 Å². The summed E-state index contributed by atoms with van der Waals surface area (Å²) in [4.78, 5) is 0. The fraction of sp³-hybridized carbons (Fsp3) is 0.0769. The Morgan fingerprint density at radius 2 is 1.69 bits per heavy atom. The molecule has 2 nitrogen and oxygen atoms in total. The summed E-state index contributed by atoms with van der Waals surface area (Å²) in [5.41, 5.74) is 2.81. The van der Waals surface area contributed by atoms with E-state index >= 15 is 0 Å². The van der Waals surface area contributed by atoms with E-state index in [2.05, 4.69) is 0 Å². The lowest BCUT2D eigenvalue weighted by atomic mass is 10.2. The zero-order valence-electron chi connectivity index (χ0n) is 9.02. The minimum Gasteiger partial charge on any atom is -0.278 e. The Bertz CT molecular complexity index is 462. The van der Waals surface area contributed by atoms with Crippen molar-refractivity contribution in [2.45, 2.75) is 6.92 Å². The highest BCUT2D eigenvalue weighted by molar-refractivity contribution is 6.33. The standard InChI is InChI=1S/C13H13ClN2/c1-10-6-5-9-12(14)13(10)16(15)11-7-3-2-4-8-11/h2-9H,15H2,1H3. The molecule has 82 valence electrons. The van der Waals surface area contributed by atoms with E-state index in [4.69, 9.17) is 17.4 Å². The molecule has 0 unspecified atom stereocenters. The number of anilines is 2. The van der Waals surface area contributed by atoms with Crippen LogP contribution in [-0.2, 0) is 0 Å². The first-order chi connectivity index (χ1) is 7.70. The van der Waals surface area contributed by atoms with Crippen molar-refractivity contribution in [1.82, 2.24) is 0 Å². The van der Waals surface area contributed by atoms with Crippen molar-refractivity contribution in [3.63, 3.8) is 0 Å². The molecule has 0 aliphatic rings. The van der Waals surface area contributed by atoms with Crippen molar-refractivity contribution in [2.75, 3.05) is 5.01 Å². The van der Waals surface area contributed by atoms with Crippen LogP contribution in [0.3, 0.4) is 0 Å². The van der Waals surface area contributed by atoms with Gasteiger partial charge in [-0.1, -0.05) is 41.9 Å². The molecule has 0 aliphatic heterocycles. The van der Waals surface area contributed by atoms with Gasteiger partial charge in [0.05, 0.1) is 16.4 Å². The third-order valence-corrected chi connectivity index (χ3v) is 2.77. The number of rotatable bonds is 2. The number of nitrogens with two attached hydrogens (primary N) is 1. The molecule has 2 aromatic carbocycles. The fourth-order valence-corrected chi connectivity index (χ4v) is 1.96. The minimum absolute atomic E-state index is 0.659. The highest BCUT2D eigenvalue weighted by Gasteiger charge is 2.10. The first-order valence-corrected chi connectivity index (χ1v) is 5.43. The molecular formula is C13H13ClN2. The van der Waals surface area contributed by atoms with Gasteiger partial charge in [-0.2, -0.15) is 0 Å². The lowest BCUT2D eigenvalue weighted by molar-refractivity contribution is 1.07. The lowest BCUT2D eigenvalue weighted by Gasteiger charge is -2.21. The largest absolute Gasteiger partial charge is 0.278 e. The van der Waals surface area contributed by atoms with Crippen LogP contribution in [0.4, 0.5) is 11.4 Å². The van der Waals surface area contributed by atoms with Crippen molar-refractivity contribution in [3.8, 4) is 0 Å². The predicted molar refractivity (Wildman–Crippen MR) is 69.0 cm³/mol. The monoisotopic (exact) mass is 232 g/mol. The maximum absolute atomic E-state index is 6.15. The topological polar surface area (TPSA) is 29.3 Å². The molecule has 0 spiro atoms. The van der Waals surface area contributed by atoms with Crippen LogP contribution in [0.25, 0.3) is 0 Å². The molecule has 0 atom stereocenters. The van der Waals surface area contributed by atoms with E-state index in [1.165, 1.54) is 0 Å². The van der Waals surface area contributed by atoms with Crippen LogP contribution in [0.5, 0.6) is 0 Å². The summed E-state index contributed by atoms with van der Waals surface area (Å²) < 4.78 is 0. The fourth-order valence-electron chi connectivity index (χ4n) is 1.65.